The first kappa shape index (κ1) is 9.56. The molecule has 0 aliphatic heterocycles. The minimum atomic E-state index is 0.0109. The number of rotatable bonds is 1. The zero-order valence-electron chi connectivity index (χ0n) is 7.69. The molecule has 66 valence electrons. The predicted octanol–water partition coefficient (Wildman–Crippen LogP) is 2.98. The summed E-state index contributed by atoms with van der Waals surface area (Å²) in [6.45, 7) is 6.06. The molecule has 0 saturated heterocycles. The first-order valence-corrected chi connectivity index (χ1v) is 4.42. The smallest absolute Gasteiger partial charge is 0.0456 e. The molecule has 1 atom stereocenters. The van der Waals surface area contributed by atoms with Gasteiger partial charge in [0.1, 0.15) is 0 Å². The summed E-state index contributed by atoms with van der Waals surface area (Å²) in [5.41, 5.74) is 9.23. The van der Waals surface area contributed by atoms with Crippen LogP contribution in [-0.4, -0.2) is 0 Å². The van der Waals surface area contributed by atoms with E-state index in [2.05, 4.69) is 13.0 Å². The van der Waals surface area contributed by atoms with Gasteiger partial charge in [-0.2, -0.15) is 0 Å². The lowest BCUT2D eigenvalue weighted by molar-refractivity contribution is 0.816. The Morgan fingerprint density at radius 1 is 1.25 bits per heavy atom. The van der Waals surface area contributed by atoms with Crippen LogP contribution in [0.2, 0.25) is 5.02 Å². The Bertz CT molecular complexity index is 292. The lowest BCUT2D eigenvalue weighted by Gasteiger charge is -2.10. The van der Waals surface area contributed by atoms with E-state index in [0.29, 0.717) is 0 Å². The van der Waals surface area contributed by atoms with E-state index in [4.69, 9.17) is 17.3 Å². The fourth-order valence-corrected chi connectivity index (χ4v) is 1.54. The van der Waals surface area contributed by atoms with Gasteiger partial charge in [-0.15, -0.1) is 0 Å². The van der Waals surface area contributed by atoms with Gasteiger partial charge in [0.25, 0.3) is 0 Å². The van der Waals surface area contributed by atoms with Crippen molar-refractivity contribution in [2.45, 2.75) is 26.8 Å². The Hall–Kier alpha value is -0.530. The lowest BCUT2D eigenvalue weighted by Crippen LogP contribution is -2.06. The SMILES string of the molecule is Cc1cc(Cl)c([C@H](C)N)cc1C. The van der Waals surface area contributed by atoms with Crippen LogP contribution in [0.15, 0.2) is 12.1 Å². The Kier molecular flexibility index (Phi) is 2.76. The highest BCUT2D eigenvalue weighted by Crippen LogP contribution is 2.24. The summed E-state index contributed by atoms with van der Waals surface area (Å²) < 4.78 is 0. The normalized spacial score (nSPS) is 13.1. The van der Waals surface area contributed by atoms with Crippen LogP contribution in [0.25, 0.3) is 0 Å². The maximum atomic E-state index is 6.02. The minimum absolute atomic E-state index is 0.0109. The molecule has 0 radical (unpaired) electrons. The van der Waals surface area contributed by atoms with Gasteiger partial charge < -0.3 is 5.73 Å². The second-order valence-electron chi connectivity index (χ2n) is 3.25. The predicted molar refractivity (Wildman–Crippen MR) is 53.5 cm³/mol. The Labute approximate surface area is 78.5 Å². The van der Waals surface area contributed by atoms with Gasteiger partial charge in [0, 0.05) is 11.1 Å². The molecule has 1 aromatic rings. The third-order valence-electron chi connectivity index (χ3n) is 2.10. The molecule has 12 heavy (non-hydrogen) atoms. The Balaban J connectivity index is 3.23. The first-order valence-electron chi connectivity index (χ1n) is 4.04. The molecule has 2 heteroatoms. The molecule has 0 bridgehead atoms. The van der Waals surface area contributed by atoms with Crippen LogP contribution in [-0.2, 0) is 0 Å². The maximum absolute atomic E-state index is 6.02. The molecule has 1 aromatic carbocycles. The van der Waals surface area contributed by atoms with Crippen molar-refractivity contribution < 1.29 is 0 Å². The van der Waals surface area contributed by atoms with E-state index >= 15 is 0 Å². The van der Waals surface area contributed by atoms with Crippen molar-refractivity contribution in [1.82, 2.24) is 0 Å². The fourth-order valence-electron chi connectivity index (χ4n) is 1.15. The van der Waals surface area contributed by atoms with Crippen molar-refractivity contribution in [3.63, 3.8) is 0 Å². The highest BCUT2D eigenvalue weighted by atomic mass is 35.5. The van der Waals surface area contributed by atoms with Crippen LogP contribution >= 0.6 is 11.6 Å². The van der Waals surface area contributed by atoms with E-state index in [1.807, 2.05) is 19.9 Å². The van der Waals surface area contributed by atoms with Gasteiger partial charge in [0.05, 0.1) is 0 Å². The molecule has 0 aliphatic carbocycles. The van der Waals surface area contributed by atoms with Gasteiger partial charge >= 0.3 is 0 Å². The zero-order chi connectivity index (χ0) is 9.30. The second kappa shape index (κ2) is 3.46. The summed E-state index contributed by atoms with van der Waals surface area (Å²) in [5.74, 6) is 0. The van der Waals surface area contributed by atoms with Crippen molar-refractivity contribution in [2.75, 3.05) is 0 Å². The van der Waals surface area contributed by atoms with Crippen molar-refractivity contribution >= 4 is 11.6 Å². The summed E-state index contributed by atoms with van der Waals surface area (Å²) >= 11 is 6.02. The number of halogens is 1. The van der Waals surface area contributed by atoms with Crippen LogP contribution < -0.4 is 5.73 Å². The number of nitrogens with two attached hydrogens (primary N) is 1. The first-order chi connectivity index (χ1) is 5.52. The van der Waals surface area contributed by atoms with Crippen molar-refractivity contribution in [3.8, 4) is 0 Å². The molecule has 1 nitrogen and oxygen atoms in total. The molecule has 0 aliphatic rings. The molecule has 1 rings (SSSR count). The van der Waals surface area contributed by atoms with Crippen molar-refractivity contribution in [3.05, 3.63) is 33.8 Å². The molecule has 0 amide bonds. The van der Waals surface area contributed by atoms with E-state index in [0.717, 1.165) is 10.6 Å². The minimum Gasteiger partial charge on any atom is -0.324 e. The highest BCUT2D eigenvalue weighted by Gasteiger charge is 2.06. The topological polar surface area (TPSA) is 26.0 Å². The third-order valence-corrected chi connectivity index (χ3v) is 2.43. The molecular weight excluding hydrogens is 170 g/mol. The number of benzene rings is 1. The van der Waals surface area contributed by atoms with Crippen LogP contribution in [0.3, 0.4) is 0 Å². The van der Waals surface area contributed by atoms with Crippen LogP contribution in [0.4, 0.5) is 0 Å². The van der Waals surface area contributed by atoms with Crippen LogP contribution in [0.5, 0.6) is 0 Å². The van der Waals surface area contributed by atoms with Gasteiger partial charge in [0.2, 0.25) is 0 Å². The van der Waals surface area contributed by atoms with E-state index < -0.39 is 0 Å². The lowest BCUT2D eigenvalue weighted by atomic mass is 10.0. The van der Waals surface area contributed by atoms with Crippen molar-refractivity contribution in [2.24, 2.45) is 5.73 Å². The quantitative estimate of drug-likeness (QED) is 0.712. The largest absolute Gasteiger partial charge is 0.324 e. The Morgan fingerprint density at radius 2 is 1.75 bits per heavy atom. The summed E-state index contributed by atoms with van der Waals surface area (Å²) in [6, 6.07) is 4.04. The van der Waals surface area contributed by atoms with E-state index in [1.165, 1.54) is 11.1 Å². The molecule has 0 unspecified atom stereocenters. The fraction of sp³-hybridized carbons (Fsp3) is 0.400. The van der Waals surface area contributed by atoms with Gasteiger partial charge in [-0.05, 0) is 43.5 Å². The number of hydrogen-bond acceptors (Lipinski definition) is 1. The summed E-state index contributed by atoms with van der Waals surface area (Å²) in [5, 5.41) is 0.771. The summed E-state index contributed by atoms with van der Waals surface area (Å²) in [7, 11) is 0. The maximum Gasteiger partial charge on any atom is 0.0456 e. The molecule has 0 aromatic heterocycles. The molecule has 2 N–H and O–H groups in total. The summed E-state index contributed by atoms with van der Waals surface area (Å²) in [4.78, 5) is 0. The van der Waals surface area contributed by atoms with Crippen LogP contribution in [0.1, 0.15) is 29.7 Å². The zero-order valence-corrected chi connectivity index (χ0v) is 8.44. The van der Waals surface area contributed by atoms with E-state index in [1.54, 1.807) is 0 Å². The second-order valence-corrected chi connectivity index (χ2v) is 3.65. The van der Waals surface area contributed by atoms with E-state index in [9.17, 15) is 0 Å². The Morgan fingerprint density at radius 3 is 2.25 bits per heavy atom. The highest BCUT2D eigenvalue weighted by molar-refractivity contribution is 6.31. The van der Waals surface area contributed by atoms with Gasteiger partial charge in [-0.1, -0.05) is 17.7 Å². The average Bonchev–Trinajstić information content (AvgIpc) is 1.96. The monoisotopic (exact) mass is 183 g/mol. The molecule has 0 saturated carbocycles. The van der Waals surface area contributed by atoms with Crippen LogP contribution in [0, 0.1) is 13.8 Å². The molecule has 0 fully saturated rings. The number of aryl methyl sites for hydroxylation is 2. The van der Waals surface area contributed by atoms with Gasteiger partial charge in [0.15, 0.2) is 0 Å². The molecular formula is C10H14ClN. The van der Waals surface area contributed by atoms with E-state index in [-0.39, 0.29) is 6.04 Å². The third kappa shape index (κ3) is 1.79. The molecule has 0 heterocycles. The number of hydrogen-bond donors (Lipinski definition) is 1. The average molecular weight is 184 g/mol. The van der Waals surface area contributed by atoms with Crippen molar-refractivity contribution in [1.29, 1.82) is 0 Å². The van der Waals surface area contributed by atoms with Gasteiger partial charge in [-0.25, -0.2) is 0 Å². The molecule has 0 spiro atoms. The standard InChI is InChI=1S/C10H14ClN/c1-6-4-9(8(3)12)10(11)5-7(6)2/h4-5,8H,12H2,1-3H3/t8-/m0/s1. The van der Waals surface area contributed by atoms with Gasteiger partial charge in [-0.3, -0.25) is 0 Å². The summed E-state index contributed by atoms with van der Waals surface area (Å²) in [6.07, 6.45) is 0.